The highest BCUT2D eigenvalue weighted by Gasteiger charge is 2.32. The maximum absolute atomic E-state index is 12.7. The summed E-state index contributed by atoms with van der Waals surface area (Å²) in [5.41, 5.74) is 1.05. The molecule has 0 bridgehead atoms. The first-order valence-corrected chi connectivity index (χ1v) is 9.92. The summed E-state index contributed by atoms with van der Waals surface area (Å²) in [7, 11) is 0. The van der Waals surface area contributed by atoms with Crippen LogP contribution in [0.4, 0.5) is 0 Å². The standard InChI is InChI=1S/C19H27ClN4O2/c1-3-16(25)14-4-8-23(9-5-14)15-6-10-24(11-7-15)19(26)17-13(2)18(20)22-12-21-17/h12,14-15H,3-11H2,1-2H3. The van der Waals surface area contributed by atoms with Crippen molar-refractivity contribution in [2.45, 2.75) is 52.0 Å². The minimum atomic E-state index is -0.0579. The topological polar surface area (TPSA) is 66.4 Å². The molecule has 3 heterocycles. The van der Waals surface area contributed by atoms with Crippen LogP contribution in [0.3, 0.4) is 0 Å². The van der Waals surface area contributed by atoms with Gasteiger partial charge in [-0.1, -0.05) is 18.5 Å². The van der Waals surface area contributed by atoms with E-state index >= 15 is 0 Å². The number of ketones is 1. The van der Waals surface area contributed by atoms with Gasteiger partial charge in [0, 0.05) is 37.0 Å². The average Bonchev–Trinajstić information content (AvgIpc) is 2.69. The lowest BCUT2D eigenvalue weighted by Gasteiger charge is -2.41. The number of hydrogen-bond donors (Lipinski definition) is 0. The second kappa shape index (κ2) is 8.44. The molecule has 6 nitrogen and oxygen atoms in total. The van der Waals surface area contributed by atoms with Crippen LogP contribution in [-0.4, -0.2) is 63.7 Å². The molecule has 0 saturated carbocycles. The largest absolute Gasteiger partial charge is 0.337 e. The van der Waals surface area contributed by atoms with Crippen molar-refractivity contribution in [1.29, 1.82) is 0 Å². The molecule has 142 valence electrons. The zero-order valence-electron chi connectivity index (χ0n) is 15.6. The van der Waals surface area contributed by atoms with Gasteiger partial charge in [-0.15, -0.1) is 0 Å². The van der Waals surface area contributed by atoms with Crippen molar-refractivity contribution in [3.05, 3.63) is 22.7 Å². The number of aromatic nitrogens is 2. The van der Waals surface area contributed by atoms with E-state index in [2.05, 4.69) is 14.9 Å². The van der Waals surface area contributed by atoms with E-state index in [-0.39, 0.29) is 11.8 Å². The number of carbonyl (C=O) groups excluding carboxylic acids is 2. The number of halogens is 1. The lowest BCUT2D eigenvalue weighted by molar-refractivity contribution is -0.124. The second-order valence-corrected chi connectivity index (χ2v) is 7.65. The molecule has 2 fully saturated rings. The average molecular weight is 379 g/mol. The summed E-state index contributed by atoms with van der Waals surface area (Å²) >= 11 is 6.01. The monoisotopic (exact) mass is 378 g/mol. The Bertz CT molecular complexity index is 666. The Morgan fingerprint density at radius 2 is 1.77 bits per heavy atom. The lowest BCUT2D eigenvalue weighted by Crippen LogP contribution is -2.49. The summed E-state index contributed by atoms with van der Waals surface area (Å²) in [6.45, 7) is 7.19. The Hall–Kier alpha value is -1.53. The van der Waals surface area contributed by atoms with Gasteiger partial charge < -0.3 is 9.80 Å². The van der Waals surface area contributed by atoms with E-state index in [1.807, 2.05) is 11.8 Å². The lowest BCUT2D eigenvalue weighted by atomic mass is 9.89. The first-order chi connectivity index (χ1) is 12.5. The SMILES string of the molecule is CCC(=O)C1CCN(C2CCN(C(=O)c3ncnc(Cl)c3C)CC2)CC1. The maximum atomic E-state index is 12.7. The van der Waals surface area contributed by atoms with Gasteiger partial charge in [0.1, 0.15) is 23.0 Å². The molecule has 0 atom stereocenters. The van der Waals surface area contributed by atoms with Gasteiger partial charge in [-0.3, -0.25) is 9.59 Å². The molecule has 0 aromatic carbocycles. The first kappa shape index (κ1) is 19.2. The van der Waals surface area contributed by atoms with Gasteiger partial charge in [0.2, 0.25) is 0 Å². The maximum Gasteiger partial charge on any atom is 0.272 e. The molecule has 2 saturated heterocycles. The fourth-order valence-corrected chi connectivity index (χ4v) is 4.24. The smallest absolute Gasteiger partial charge is 0.272 e. The molecule has 2 aliphatic rings. The number of amides is 1. The number of Topliss-reactive ketones (excluding diaryl/α,β-unsaturated/α-hetero) is 1. The number of carbonyl (C=O) groups is 2. The molecule has 0 spiro atoms. The minimum absolute atomic E-state index is 0.0579. The van der Waals surface area contributed by atoms with Crippen LogP contribution in [0.2, 0.25) is 5.15 Å². The summed E-state index contributed by atoms with van der Waals surface area (Å²) < 4.78 is 0. The van der Waals surface area contributed by atoms with E-state index < -0.39 is 0 Å². The van der Waals surface area contributed by atoms with E-state index in [9.17, 15) is 9.59 Å². The third kappa shape index (κ3) is 4.07. The normalized spacial score (nSPS) is 20.3. The molecule has 0 unspecified atom stereocenters. The van der Waals surface area contributed by atoms with E-state index in [1.165, 1.54) is 6.33 Å². The summed E-state index contributed by atoms with van der Waals surface area (Å²) in [4.78, 5) is 37.0. The quantitative estimate of drug-likeness (QED) is 0.753. The molecule has 26 heavy (non-hydrogen) atoms. The summed E-state index contributed by atoms with van der Waals surface area (Å²) in [6, 6.07) is 0.506. The number of rotatable bonds is 4. The number of piperidine rings is 2. The third-order valence-corrected chi connectivity index (χ3v) is 6.21. The van der Waals surface area contributed by atoms with Crippen molar-refractivity contribution in [3.63, 3.8) is 0 Å². The fourth-order valence-electron chi connectivity index (χ4n) is 4.10. The summed E-state index contributed by atoms with van der Waals surface area (Å²) in [5, 5.41) is 0.336. The highest BCUT2D eigenvalue weighted by Crippen LogP contribution is 2.26. The van der Waals surface area contributed by atoms with Crippen LogP contribution < -0.4 is 0 Å². The van der Waals surface area contributed by atoms with E-state index in [0.29, 0.717) is 34.7 Å². The van der Waals surface area contributed by atoms with Gasteiger partial charge in [-0.05, 0) is 45.7 Å². The van der Waals surface area contributed by atoms with Gasteiger partial charge in [-0.2, -0.15) is 0 Å². The summed E-state index contributed by atoms with van der Waals surface area (Å²) in [6.07, 6.45) is 5.88. The fraction of sp³-hybridized carbons (Fsp3) is 0.684. The first-order valence-electron chi connectivity index (χ1n) is 9.54. The number of nitrogens with zero attached hydrogens (tertiary/aromatic N) is 4. The van der Waals surface area contributed by atoms with E-state index in [1.54, 1.807) is 6.92 Å². The Morgan fingerprint density at radius 3 is 2.38 bits per heavy atom. The third-order valence-electron chi connectivity index (χ3n) is 5.83. The molecule has 0 aliphatic carbocycles. The van der Waals surface area contributed by atoms with Crippen LogP contribution in [0.5, 0.6) is 0 Å². The molecule has 0 N–H and O–H groups in total. The molecule has 1 aromatic rings. The van der Waals surface area contributed by atoms with Crippen molar-refractivity contribution in [2.75, 3.05) is 26.2 Å². The Kier molecular flexibility index (Phi) is 6.24. The van der Waals surface area contributed by atoms with Gasteiger partial charge in [-0.25, -0.2) is 9.97 Å². The zero-order chi connectivity index (χ0) is 18.7. The molecule has 2 aliphatic heterocycles. The van der Waals surface area contributed by atoms with Crippen LogP contribution in [0.25, 0.3) is 0 Å². The van der Waals surface area contributed by atoms with Gasteiger partial charge >= 0.3 is 0 Å². The predicted octanol–water partition coefficient (Wildman–Crippen LogP) is 2.73. The van der Waals surface area contributed by atoms with Crippen LogP contribution >= 0.6 is 11.6 Å². The Balaban J connectivity index is 1.52. The summed E-state index contributed by atoms with van der Waals surface area (Å²) in [5.74, 6) is 0.602. The zero-order valence-corrected chi connectivity index (χ0v) is 16.3. The molecular formula is C19H27ClN4O2. The van der Waals surface area contributed by atoms with Crippen molar-refractivity contribution in [3.8, 4) is 0 Å². The molecule has 1 amide bonds. The highest BCUT2D eigenvalue weighted by molar-refractivity contribution is 6.30. The van der Waals surface area contributed by atoms with Crippen LogP contribution in [0.15, 0.2) is 6.33 Å². The van der Waals surface area contributed by atoms with E-state index in [0.717, 1.165) is 51.9 Å². The van der Waals surface area contributed by atoms with Crippen LogP contribution in [0.1, 0.15) is 55.1 Å². The molecule has 0 radical (unpaired) electrons. The Morgan fingerprint density at radius 1 is 1.12 bits per heavy atom. The Labute approximate surface area is 159 Å². The van der Waals surface area contributed by atoms with E-state index in [4.69, 9.17) is 11.6 Å². The van der Waals surface area contributed by atoms with Gasteiger partial charge in [0.05, 0.1) is 0 Å². The van der Waals surface area contributed by atoms with Crippen molar-refractivity contribution < 1.29 is 9.59 Å². The van der Waals surface area contributed by atoms with Gasteiger partial charge in [0.25, 0.3) is 5.91 Å². The van der Waals surface area contributed by atoms with Crippen molar-refractivity contribution >= 4 is 23.3 Å². The minimum Gasteiger partial charge on any atom is -0.337 e. The predicted molar refractivity (Wildman–Crippen MR) is 100 cm³/mol. The van der Waals surface area contributed by atoms with Gasteiger partial charge in [0.15, 0.2) is 0 Å². The van der Waals surface area contributed by atoms with Crippen molar-refractivity contribution in [1.82, 2.24) is 19.8 Å². The van der Waals surface area contributed by atoms with Crippen LogP contribution in [0, 0.1) is 12.8 Å². The second-order valence-electron chi connectivity index (χ2n) is 7.29. The number of hydrogen-bond acceptors (Lipinski definition) is 5. The number of likely N-dealkylation sites (tertiary alicyclic amines) is 2. The van der Waals surface area contributed by atoms with Crippen LogP contribution in [-0.2, 0) is 4.79 Å². The molecule has 1 aromatic heterocycles. The molecular weight excluding hydrogens is 352 g/mol. The van der Waals surface area contributed by atoms with Crippen molar-refractivity contribution in [2.24, 2.45) is 5.92 Å². The molecule has 3 rings (SSSR count). The molecule has 7 heteroatoms. The highest BCUT2D eigenvalue weighted by atomic mass is 35.5.